The zero-order valence-electron chi connectivity index (χ0n) is 15.1. The first-order valence-electron chi connectivity index (χ1n) is 8.68. The molecule has 0 saturated heterocycles. The van der Waals surface area contributed by atoms with Crippen LogP contribution < -0.4 is 4.72 Å². The summed E-state index contributed by atoms with van der Waals surface area (Å²) in [6.07, 6.45) is 0.261. The SMILES string of the molecule is O=S(=O)(Cc1ccccc1F)Nc1ccccc1Cc1nc(-c2cccs2)no1. The minimum Gasteiger partial charge on any atom is -0.339 e. The van der Waals surface area contributed by atoms with Crippen molar-refractivity contribution in [1.29, 1.82) is 0 Å². The number of benzene rings is 2. The Bertz CT molecular complexity index is 1220. The van der Waals surface area contributed by atoms with Crippen molar-refractivity contribution in [3.63, 3.8) is 0 Å². The highest BCUT2D eigenvalue weighted by Gasteiger charge is 2.18. The molecule has 29 heavy (non-hydrogen) atoms. The smallest absolute Gasteiger partial charge is 0.237 e. The van der Waals surface area contributed by atoms with Gasteiger partial charge in [0.2, 0.25) is 21.7 Å². The number of aromatic nitrogens is 2. The molecule has 0 unspecified atom stereocenters. The lowest BCUT2D eigenvalue weighted by molar-refractivity contribution is 0.386. The third kappa shape index (κ3) is 4.69. The Morgan fingerprint density at radius 2 is 1.76 bits per heavy atom. The van der Waals surface area contributed by atoms with Crippen LogP contribution in [0.5, 0.6) is 0 Å². The molecule has 0 amide bonds. The van der Waals surface area contributed by atoms with Gasteiger partial charge in [0.05, 0.1) is 22.7 Å². The molecule has 1 N–H and O–H groups in total. The second-order valence-corrected chi connectivity index (χ2v) is 8.95. The number of thiophene rings is 1. The van der Waals surface area contributed by atoms with Crippen molar-refractivity contribution in [3.8, 4) is 10.7 Å². The number of anilines is 1. The molecule has 0 radical (unpaired) electrons. The molecule has 0 aliphatic heterocycles. The van der Waals surface area contributed by atoms with Gasteiger partial charge >= 0.3 is 0 Å². The van der Waals surface area contributed by atoms with E-state index in [0.29, 0.717) is 23.0 Å². The van der Waals surface area contributed by atoms with Gasteiger partial charge in [-0.3, -0.25) is 4.72 Å². The van der Waals surface area contributed by atoms with E-state index in [1.807, 2.05) is 17.5 Å². The molecule has 4 aromatic rings. The first-order valence-corrected chi connectivity index (χ1v) is 11.2. The summed E-state index contributed by atoms with van der Waals surface area (Å²) in [6, 6.07) is 16.5. The van der Waals surface area contributed by atoms with Gasteiger partial charge in [-0.05, 0) is 29.1 Å². The monoisotopic (exact) mass is 429 g/mol. The molecule has 6 nitrogen and oxygen atoms in total. The average Bonchev–Trinajstić information content (AvgIpc) is 3.36. The van der Waals surface area contributed by atoms with Gasteiger partial charge in [-0.15, -0.1) is 11.3 Å². The van der Waals surface area contributed by atoms with Crippen LogP contribution in [0.15, 0.2) is 70.6 Å². The van der Waals surface area contributed by atoms with E-state index in [4.69, 9.17) is 4.52 Å². The van der Waals surface area contributed by atoms with Crippen LogP contribution in [0.3, 0.4) is 0 Å². The summed E-state index contributed by atoms with van der Waals surface area (Å²) in [4.78, 5) is 5.26. The van der Waals surface area contributed by atoms with Crippen LogP contribution in [-0.4, -0.2) is 18.6 Å². The number of hydrogen-bond donors (Lipinski definition) is 1. The molecule has 0 fully saturated rings. The Morgan fingerprint density at radius 1 is 1.00 bits per heavy atom. The number of halogens is 1. The predicted octanol–water partition coefficient (Wildman–Crippen LogP) is 4.47. The standard InChI is InChI=1S/C20H16FN3O3S2/c21-16-8-3-1-7-15(16)13-29(25,26)24-17-9-4-2-6-14(17)12-19-22-20(23-27-19)18-10-5-11-28-18/h1-11,24H,12-13H2. The number of nitrogens with one attached hydrogen (secondary N) is 1. The molecule has 0 spiro atoms. The lowest BCUT2D eigenvalue weighted by Gasteiger charge is -2.12. The van der Waals surface area contributed by atoms with Crippen LogP contribution in [0.4, 0.5) is 10.1 Å². The van der Waals surface area contributed by atoms with E-state index < -0.39 is 21.6 Å². The molecule has 0 saturated carbocycles. The van der Waals surface area contributed by atoms with E-state index in [1.54, 1.807) is 30.3 Å². The molecular weight excluding hydrogens is 413 g/mol. The maximum atomic E-state index is 13.8. The highest BCUT2D eigenvalue weighted by Crippen LogP contribution is 2.24. The maximum absolute atomic E-state index is 13.8. The van der Waals surface area contributed by atoms with E-state index in [-0.39, 0.29) is 12.0 Å². The van der Waals surface area contributed by atoms with Crippen molar-refractivity contribution >= 4 is 27.0 Å². The molecule has 2 aromatic heterocycles. The van der Waals surface area contributed by atoms with Crippen molar-refractivity contribution in [2.75, 3.05) is 4.72 Å². The van der Waals surface area contributed by atoms with Crippen molar-refractivity contribution in [1.82, 2.24) is 10.1 Å². The van der Waals surface area contributed by atoms with E-state index in [0.717, 1.165) is 4.88 Å². The molecule has 0 aliphatic rings. The van der Waals surface area contributed by atoms with Gasteiger partial charge in [0.25, 0.3) is 0 Å². The lowest BCUT2D eigenvalue weighted by atomic mass is 10.1. The van der Waals surface area contributed by atoms with Crippen LogP contribution in [0.25, 0.3) is 10.7 Å². The molecule has 148 valence electrons. The van der Waals surface area contributed by atoms with Gasteiger partial charge in [-0.2, -0.15) is 4.98 Å². The van der Waals surface area contributed by atoms with E-state index in [2.05, 4.69) is 14.9 Å². The Kier molecular flexibility index (Phi) is 5.41. The Balaban J connectivity index is 1.53. The molecule has 9 heteroatoms. The summed E-state index contributed by atoms with van der Waals surface area (Å²) in [7, 11) is -3.81. The Morgan fingerprint density at radius 3 is 2.52 bits per heavy atom. The van der Waals surface area contributed by atoms with Crippen LogP contribution in [0.1, 0.15) is 17.0 Å². The maximum Gasteiger partial charge on any atom is 0.237 e. The van der Waals surface area contributed by atoms with Gasteiger partial charge in [0, 0.05) is 5.56 Å². The second-order valence-electron chi connectivity index (χ2n) is 6.28. The fourth-order valence-corrected chi connectivity index (χ4v) is 4.69. The van der Waals surface area contributed by atoms with Crippen molar-refractivity contribution in [2.45, 2.75) is 12.2 Å². The Labute approximate surface area is 171 Å². The quantitative estimate of drug-likeness (QED) is 0.469. The first kappa shape index (κ1) is 19.3. The van der Waals surface area contributed by atoms with Gasteiger partial charge < -0.3 is 4.52 Å². The van der Waals surface area contributed by atoms with E-state index >= 15 is 0 Å². The largest absolute Gasteiger partial charge is 0.339 e. The zero-order valence-corrected chi connectivity index (χ0v) is 16.7. The summed E-state index contributed by atoms with van der Waals surface area (Å²) >= 11 is 1.50. The third-order valence-corrected chi connectivity index (χ3v) is 6.23. The van der Waals surface area contributed by atoms with Crippen LogP contribution in [0.2, 0.25) is 0 Å². The fraction of sp³-hybridized carbons (Fsp3) is 0.100. The molecule has 0 atom stereocenters. The second kappa shape index (κ2) is 8.14. The number of rotatable bonds is 7. The van der Waals surface area contributed by atoms with E-state index in [9.17, 15) is 12.8 Å². The van der Waals surface area contributed by atoms with Gasteiger partial charge in [0.1, 0.15) is 5.82 Å². The summed E-state index contributed by atoms with van der Waals surface area (Å²) in [5.74, 6) is -0.156. The van der Waals surface area contributed by atoms with Gasteiger partial charge in [-0.1, -0.05) is 47.6 Å². The topological polar surface area (TPSA) is 85.1 Å². The predicted molar refractivity (Wildman–Crippen MR) is 110 cm³/mol. The highest BCUT2D eigenvalue weighted by molar-refractivity contribution is 7.91. The van der Waals surface area contributed by atoms with Crippen LogP contribution >= 0.6 is 11.3 Å². The van der Waals surface area contributed by atoms with Crippen LogP contribution in [0, 0.1) is 5.82 Å². The number of hydrogen-bond acceptors (Lipinski definition) is 6. The summed E-state index contributed by atoms with van der Waals surface area (Å²) in [5, 5.41) is 5.89. The van der Waals surface area contributed by atoms with Crippen molar-refractivity contribution in [2.24, 2.45) is 0 Å². The fourth-order valence-electron chi connectivity index (χ4n) is 2.79. The molecule has 0 bridgehead atoms. The molecule has 4 rings (SSSR count). The average molecular weight is 429 g/mol. The minimum atomic E-state index is -3.81. The van der Waals surface area contributed by atoms with Crippen molar-refractivity contribution in [3.05, 3.63) is 88.9 Å². The molecule has 2 heterocycles. The highest BCUT2D eigenvalue weighted by atomic mass is 32.2. The lowest BCUT2D eigenvalue weighted by Crippen LogP contribution is -2.17. The third-order valence-electron chi connectivity index (χ3n) is 4.14. The number of para-hydroxylation sites is 1. The van der Waals surface area contributed by atoms with Crippen LogP contribution in [-0.2, 0) is 22.2 Å². The number of sulfonamides is 1. The summed E-state index contributed by atoms with van der Waals surface area (Å²) in [6.45, 7) is 0. The molecular formula is C20H16FN3O3S2. The zero-order chi connectivity index (χ0) is 20.3. The summed E-state index contributed by atoms with van der Waals surface area (Å²) < 4.78 is 46.8. The van der Waals surface area contributed by atoms with Gasteiger partial charge in [-0.25, -0.2) is 12.8 Å². The number of nitrogens with zero attached hydrogens (tertiary/aromatic N) is 2. The van der Waals surface area contributed by atoms with Gasteiger partial charge in [0.15, 0.2) is 0 Å². The summed E-state index contributed by atoms with van der Waals surface area (Å²) in [5.41, 5.74) is 1.17. The molecule has 0 aliphatic carbocycles. The molecule has 2 aromatic carbocycles. The Hall–Kier alpha value is -3.04. The van der Waals surface area contributed by atoms with E-state index in [1.165, 1.54) is 29.5 Å². The van der Waals surface area contributed by atoms with Crippen molar-refractivity contribution < 1.29 is 17.3 Å². The minimum absolute atomic E-state index is 0.106. The normalized spacial score (nSPS) is 11.5. The first-order chi connectivity index (χ1) is 14.0.